The molecular weight excluding hydrogens is 593 g/mol. The maximum Gasteiger partial charge on any atom is 0.255 e. The lowest BCUT2D eigenvalue weighted by atomic mass is 9.86. The van der Waals surface area contributed by atoms with Gasteiger partial charge in [0.15, 0.2) is 5.78 Å². The number of carbonyl (C=O) groups excluding carboxylic acids is 3. The molecule has 47 heavy (non-hydrogen) atoms. The Labute approximate surface area is 270 Å². The molecule has 2 heterocycles. The number of benzene rings is 4. The van der Waals surface area contributed by atoms with Crippen molar-refractivity contribution in [3.05, 3.63) is 138 Å². The third-order valence-corrected chi connectivity index (χ3v) is 8.95. The summed E-state index contributed by atoms with van der Waals surface area (Å²) in [6, 6.07) is 29.6. The molecule has 2 amide bonds. The average Bonchev–Trinajstić information content (AvgIpc) is 3.79. The molecular formula is C39H30FN3O4. The van der Waals surface area contributed by atoms with Gasteiger partial charge in [-0.15, -0.1) is 0 Å². The summed E-state index contributed by atoms with van der Waals surface area (Å²) in [7, 11) is 1.54. The molecule has 1 saturated carbocycles. The molecule has 1 aliphatic carbocycles. The topological polar surface area (TPSA) is 115 Å². The van der Waals surface area contributed by atoms with E-state index in [1.807, 2.05) is 54.6 Å². The molecule has 3 N–H and O–H groups in total. The number of nitrogens with zero attached hydrogens (tertiary/aromatic N) is 1. The summed E-state index contributed by atoms with van der Waals surface area (Å²) >= 11 is 0. The van der Waals surface area contributed by atoms with Gasteiger partial charge in [-0.2, -0.15) is 0 Å². The number of hydrogen-bond acceptors (Lipinski definition) is 5. The molecule has 232 valence electrons. The number of aromatic nitrogens is 1. The van der Waals surface area contributed by atoms with Gasteiger partial charge in [0.2, 0.25) is 5.91 Å². The van der Waals surface area contributed by atoms with E-state index in [0.29, 0.717) is 50.1 Å². The maximum absolute atomic E-state index is 14.3. The van der Waals surface area contributed by atoms with E-state index in [1.165, 1.54) is 19.2 Å². The average molecular weight is 624 g/mol. The third kappa shape index (κ3) is 5.48. The Morgan fingerprint density at radius 1 is 0.830 bits per heavy atom. The summed E-state index contributed by atoms with van der Waals surface area (Å²) in [5.74, 6) is -1.07. The van der Waals surface area contributed by atoms with Crippen molar-refractivity contribution in [1.82, 2.24) is 10.3 Å². The first kappa shape index (κ1) is 29.8. The number of hydrogen-bond donors (Lipinski definition) is 2. The number of amides is 2. The lowest BCUT2D eigenvalue weighted by Gasteiger charge is -2.17. The Morgan fingerprint density at radius 2 is 1.51 bits per heavy atom. The van der Waals surface area contributed by atoms with Gasteiger partial charge in [0.1, 0.15) is 17.2 Å². The highest BCUT2D eigenvalue weighted by Gasteiger charge is 2.47. The summed E-state index contributed by atoms with van der Waals surface area (Å²) in [6.45, 7) is 0. The van der Waals surface area contributed by atoms with Crippen LogP contribution in [0.5, 0.6) is 0 Å². The van der Waals surface area contributed by atoms with Crippen LogP contribution in [0.3, 0.4) is 0 Å². The molecule has 6 aromatic rings. The van der Waals surface area contributed by atoms with E-state index in [-0.39, 0.29) is 23.5 Å². The Hall–Kier alpha value is -5.89. The molecule has 8 heteroatoms. The summed E-state index contributed by atoms with van der Waals surface area (Å²) in [4.78, 5) is 44.4. The van der Waals surface area contributed by atoms with E-state index in [1.54, 1.807) is 42.6 Å². The Kier molecular flexibility index (Phi) is 7.48. The number of rotatable bonds is 9. The number of nitrogens with one attached hydrogen (secondary N) is 1. The minimum Gasteiger partial charge on any atom is -0.455 e. The van der Waals surface area contributed by atoms with Crippen LogP contribution in [0.15, 0.2) is 114 Å². The van der Waals surface area contributed by atoms with Crippen LogP contribution in [-0.2, 0) is 5.41 Å². The van der Waals surface area contributed by atoms with Gasteiger partial charge >= 0.3 is 0 Å². The van der Waals surface area contributed by atoms with Crippen LogP contribution in [0.25, 0.3) is 44.5 Å². The number of Topliss-reactive ketones (excluding diaryl/α,β-unsaturated/α-hetero) is 1. The monoisotopic (exact) mass is 623 g/mol. The van der Waals surface area contributed by atoms with Crippen molar-refractivity contribution >= 4 is 28.6 Å². The molecule has 0 saturated heterocycles. The van der Waals surface area contributed by atoms with Crippen molar-refractivity contribution in [1.29, 1.82) is 0 Å². The van der Waals surface area contributed by atoms with Crippen LogP contribution in [0.4, 0.5) is 4.39 Å². The molecule has 0 radical (unpaired) electrons. The molecule has 7 nitrogen and oxygen atoms in total. The van der Waals surface area contributed by atoms with Crippen molar-refractivity contribution in [3.63, 3.8) is 0 Å². The van der Waals surface area contributed by atoms with Crippen LogP contribution in [0.1, 0.15) is 56.0 Å². The Bertz CT molecular complexity index is 2180. The molecule has 0 atom stereocenters. The van der Waals surface area contributed by atoms with Gasteiger partial charge in [-0.05, 0) is 95.8 Å². The van der Waals surface area contributed by atoms with Crippen molar-refractivity contribution in [2.75, 3.05) is 7.05 Å². The van der Waals surface area contributed by atoms with Gasteiger partial charge in [-0.1, -0.05) is 42.5 Å². The predicted octanol–water partition coefficient (Wildman–Crippen LogP) is 7.73. The SMILES string of the molecule is CNC(=O)c1c(-c2ccc(F)cc2)oc2ccc(-c3ccc(-c4ccccc4C(N)=O)c(C(=O)CC4(c5ccccn5)CC4)c3)cc12. The summed E-state index contributed by atoms with van der Waals surface area (Å²) < 4.78 is 19.8. The van der Waals surface area contributed by atoms with Gasteiger partial charge in [0.25, 0.3) is 5.91 Å². The van der Waals surface area contributed by atoms with E-state index in [4.69, 9.17) is 10.2 Å². The zero-order chi connectivity index (χ0) is 32.7. The second-order valence-corrected chi connectivity index (χ2v) is 11.9. The quantitative estimate of drug-likeness (QED) is 0.160. The summed E-state index contributed by atoms with van der Waals surface area (Å²) in [5.41, 5.74) is 11.2. The number of carbonyl (C=O) groups is 3. The van der Waals surface area contributed by atoms with Crippen LogP contribution >= 0.6 is 0 Å². The van der Waals surface area contributed by atoms with Crippen molar-refractivity contribution in [3.8, 4) is 33.6 Å². The lowest BCUT2D eigenvalue weighted by molar-refractivity contribution is 0.0958. The Morgan fingerprint density at radius 3 is 2.21 bits per heavy atom. The third-order valence-electron chi connectivity index (χ3n) is 8.95. The van der Waals surface area contributed by atoms with Gasteiger partial charge in [-0.25, -0.2) is 4.39 Å². The predicted molar refractivity (Wildman–Crippen MR) is 178 cm³/mol. The van der Waals surface area contributed by atoms with Gasteiger partial charge < -0.3 is 15.5 Å². The highest BCUT2D eigenvalue weighted by Crippen LogP contribution is 2.51. The van der Waals surface area contributed by atoms with Gasteiger partial charge in [-0.3, -0.25) is 19.4 Å². The van der Waals surface area contributed by atoms with Crippen LogP contribution in [0.2, 0.25) is 0 Å². The molecule has 2 aromatic heterocycles. The fraction of sp³-hybridized carbons (Fsp3) is 0.128. The van der Waals surface area contributed by atoms with Crippen molar-refractivity contribution in [2.24, 2.45) is 5.73 Å². The van der Waals surface area contributed by atoms with Crippen LogP contribution in [-0.4, -0.2) is 29.6 Å². The molecule has 7 rings (SSSR count). The van der Waals surface area contributed by atoms with E-state index < -0.39 is 11.7 Å². The number of halogens is 1. The number of primary amides is 1. The van der Waals surface area contributed by atoms with Gasteiger partial charge in [0, 0.05) is 52.9 Å². The zero-order valence-corrected chi connectivity index (χ0v) is 25.5. The Balaban J connectivity index is 1.36. The fourth-order valence-corrected chi connectivity index (χ4v) is 6.31. The number of nitrogens with two attached hydrogens (primary N) is 1. The molecule has 4 aromatic carbocycles. The zero-order valence-electron chi connectivity index (χ0n) is 25.5. The summed E-state index contributed by atoms with van der Waals surface area (Å²) in [5, 5.41) is 3.26. The first-order chi connectivity index (χ1) is 22.8. The number of furan rings is 1. The minimum atomic E-state index is -0.584. The smallest absolute Gasteiger partial charge is 0.255 e. The van der Waals surface area contributed by atoms with E-state index in [0.717, 1.165) is 29.7 Å². The van der Waals surface area contributed by atoms with E-state index in [9.17, 15) is 18.8 Å². The van der Waals surface area contributed by atoms with Crippen LogP contribution in [0, 0.1) is 5.82 Å². The highest BCUT2D eigenvalue weighted by molar-refractivity contribution is 6.12. The van der Waals surface area contributed by atoms with E-state index in [2.05, 4.69) is 10.3 Å². The fourth-order valence-electron chi connectivity index (χ4n) is 6.31. The number of fused-ring (bicyclic) bond motifs is 1. The molecule has 0 unspecified atom stereocenters. The molecule has 1 aliphatic rings. The lowest BCUT2D eigenvalue weighted by Crippen LogP contribution is -2.18. The van der Waals surface area contributed by atoms with Crippen molar-refractivity contribution < 1.29 is 23.2 Å². The van der Waals surface area contributed by atoms with Crippen molar-refractivity contribution in [2.45, 2.75) is 24.7 Å². The standard InChI is InChI=1S/C39H30FN3O4/c1-42-38(46)35-31-21-25(12-16-33(31)47-36(35)23-9-13-26(40)14-10-23)24-11-15-28(27-6-2-3-7-29(27)37(41)45)30(20-24)32(44)22-39(17-18-39)34-8-4-5-19-43-34/h2-16,19-21H,17-18,22H2,1H3,(H2,41,45)(H,42,46). The van der Waals surface area contributed by atoms with Crippen LogP contribution < -0.4 is 11.1 Å². The number of ketones is 1. The van der Waals surface area contributed by atoms with Gasteiger partial charge in [0.05, 0.1) is 5.56 Å². The largest absolute Gasteiger partial charge is 0.455 e. The second-order valence-electron chi connectivity index (χ2n) is 11.9. The molecule has 0 aliphatic heterocycles. The first-order valence-corrected chi connectivity index (χ1v) is 15.3. The highest BCUT2D eigenvalue weighted by atomic mass is 19.1. The normalized spacial score (nSPS) is 13.3. The molecule has 0 bridgehead atoms. The number of pyridine rings is 1. The minimum absolute atomic E-state index is 0.0710. The molecule has 0 spiro atoms. The summed E-state index contributed by atoms with van der Waals surface area (Å²) in [6.07, 6.45) is 3.73. The van der Waals surface area contributed by atoms with E-state index >= 15 is 0 Å². The maximum atomic E-state index is 14.3. The second kappa shape index (κ2) is 11.8. The first-order valence-electron chi connectivity index (χ1n) is 15.3. The molecule has 1 fully saturated rings.